The highest BCUT2D eigenvalue weighted by atomic mass is 16.5. The fraction of sp³-hybridized carbons (Fsp3) is 0.105. The van der Waals surface area contributed by atoms with Crippen LogP contribution >= 0.6 is 0 Å². The summed E-state index contributed by atoms with van der Waals surface area (Å²) in [5.41, 5.74) is 1.13. The summed E-state index contributed by atoms with van der Waals surface area (Å²) in [7, 11) is 0. The molecule has 2 aromatic heterocycles. The first-order chi connectivity index (χ1) is 12.1. The number of ketones is 2. The van der Waals surface area contributed by atoms with Crippen molar-refractivity contribution in [1.29, 1.82) is 0 Å². The van der Waals surface area contributed by atoms with Crippen molar-refractivity contribution in [2.75, 3.05) is 6.61 Å². The summed E-state index contributed by atoms with van der Waals surface area (Å²) < 4.78 is 10.5. The van der Waals surface area contributed by atoms with Crippen LogP contribution < -0.4 is 0 Å². The number of aromatic amines is 1. The van der Waals surface area contributed by atoms with E-state index in [0.29, 0.717) is 16.9 Å². The average molecular weight is 335 g/mol. The molecule has 3 aromatic rings. The molecule has 0 saturated carbocycles. The lowest BCUT2D eigenvalue weighted by Gasteiger charge is -2.14. The second-order valence-corrected chi connectivity index (χ2v) is 5.53. The fourth-order valence-corrected chi connectivity index (χ4v) is 3.07. The molecule has 0 aliphatic heterocycles. The SMILES string of the molecule is CCOC(=O)c1[nH]c2c(c1-c1ccco1)C(=O)c1ccccc1C2=O. The van der Waals surface area contributed by atoms with Crippen molar-refractivity contribution < 1.29 is 23.5 Å². The number of aromatic nitrogens is 1. The summed E-state index contributed by atoms with van der Waals surface area (Å²) in [5.74, 6) is -0.994. The van der Waals surface area contributed by atoms with Crippen LogP contribution in [0.1, 0.15) is 49.4 Å². The number of nitrogens with one attached hydrogen (secondary N) is 1. The molecule has 6 heteroatoms. The number of hydrogen-bond acceptors (Lipinski definition) is 5. The molecule has 2 heterocycles. The molecule has 124 valence electrons. The van der Waals surface area contributed by atoms with E-state index in [2.05, 4.69) is 4.98 Å². The lowest BCUT2D eigenvalue weighted by Crippen LogP contribution is -2.20. The van der Waals surface area contributed by atoms with Gasteiger partial charge >= 0.3 is 5.97 Å². The van der Waals surface area contributed by atoms with Gasteiger partial charge in [-0.2, -0.15) is 0 Å². The van der Waals surface area contributed by atoms with Crippen LogP contribution in [0.15, 0.2) is 47.1 Å². The summed E-state index contributed by atoms with van der Waals surface area (Å²) in [6.07, 6.45) is 1.44. The molecule has 1 N–H and O–H groups in total. The topological polar surface area (TPSA) is 89.4 Å². The monoisotopic (exact) mass is 335 g/mol. The lowest BCUT2D eigenvalue weighted by atomic mass is 9.86. The van der Waals surface area contributed by atoms with Crippen LogP contribution in [0, 0.1) is 0 Å². The van der Waals surface area contributed by atoms with E-state index in [9.17, 15) is 14.4 Å². The van der Waals surface area contributed by atoms with E-state index < -0.39 is 5.97 Å². The highest BCUT2D eigenvalue weighted by Gasteiger charge is 2.37. The number of fused-ring (bicyclic) bond motifs is 2. The van der Waals surface area contributed by atoms with Crippen molar-refractivity contribution >= 4 is 17.5 Å². The van der Waals surface area contributed by atoms with Crippen molar-refractivity contribution in [1.82, 2.24) is 4.98 Å². The van der Waals surface area contributed by atoms with Gasteiger partial charge in [-0.3, -0.25) is 9.59 Å². The Morgan fingerprint density at radius 3 is 2.40 bits per heavy atom. The van der Waals surface area contributed by atoms with Gasteiger partial charge < -0.3 is 14.1 Å². The van der Waals surface area contributed by atoms with Crippen LogP contribution in [-0.2, 0) is 4.74 Å². The Morgan fingerprint density at radius 2 is 1.76 bits per heavy atom. The molecule has 4 rings (SSSR count). The van der Waals surface area contributed by atoms with Crippen LogP contribution in [0.2, 0.25) is 0 Å². The third-order valence-corrected chi connectivity index (χ3v) is 4.12. The van der Waals surface area contributed by atoms with Crippen molar-refractivity contribution in [3.63, 3.8) is 0 Å². The van der Waals surface area contributed by atoms with Gasteiger partial charge in [0.1, 0.15) is 11.5 Å². The van der Waals surface area contributed by atoms with Crippen molar-refractivity contribution in [2.24, 2.45) is 0 Å². The number of H-pyrrole nitrogens is 1. The number of carbonyl (C=O) groups is 3. The maximum Gasteiger partial charge on any atom is 0.355 e. The highest BCUT2D eigenvalue weighted by molar-refractivity contribution is 6.30. The van der Waals surface area contributed by atoms with Gasteiger partial charge in [-0.15, -0.1) is 0 Å². The molecule has 25 heavy (non-hydrogen) atoms. The molecule has 0 saturated heterocycles. The first-order valence-electron chi connectivity index (χ1n) is 7.78. The Labute approximate surface area is 142 Å². The van der Waals surface area contributed by atoms with Crippen molar-refractivity contribution in [2.45, 2.75) is 6.92 Å². The van der Waals surface area contributed by atoms with Crippen LogP contribution in [0.3, 0.4) is 0 Å². The van der Waals surface area contributed by atoms with Crippen LogP contribution in [-0.4, -0.2) is 29.1 Å². The standard InChI is InChI=1S/C19H13NO5/c1-2-24-19(23)16-13(12-8-5-9-25-12)14-15(20-16)18(22)11-7-4-3-6-10(11)17(14)21/h3-9,20H,2H2,1H3. The smallest absolute Gasteiger partial charge is 0.355 e. The maximum absolute atomic E-state index is 13.0. The first kappa shape index (κ1) is 15.1. The molecule has 0 spiro atoms. The zero-order valence-electron chi connectivity index (χ0n) is 13.3. The van der Waals surface area contributed by atoms with Crippen LogP contribution in [0.25, 0.3) is 11.3 Å². The number of benzene rings is 1. The molecule has 0 unspecified atom stereocenters. The molecule has 6 nitrogen and oxygen atoms in total. The van der Waals surface area contributed by atoms with Gasteiger partial charge in [0.05, 0.1) is 29.7 Å². The summed E-state index contributed by atoms with van der Waals surface area (Å²) in [6, 6.07) is 9.85. The zero-order valence-corrected chi connectivity index (χ0v) is 13.3. The van der Waals surface area contributed by atoms with Gasteiger partial charge in [0.25, 0.3) is 0 Å². The minimum absolute atomic E-state index is 0.0382. The predicted octanol–water partition coefficient (Wildman–Crippen LogP) is 3.23. The molecular formula is C19H13NO5. The van der Waals surface area contributed by atoms with Crippen LogP contribution in [0.4, 0.5) is 0 Å². The molecule has 1 aromatic carbocycles. The molecule has 1 aliphatic carbocycles. The first-order valence-corrected chi connectivity index (χ1v) is 7.78. The minimum Gasteiger partial charge on any atom is -0.464 e. The number of furan rings is 1. The maximum atomic E-state index is 13.0. The molecule has 0 bridgehead atoms. The number of hydrogen-bond donors (Lipinski definition) is 1. The minimum atomic E-state index is -0.645. The second kappa shape index (κ2) is 5.59. The van der Waals surface area contributed by atoms with E-state index in [4.69, 9.17) is 9.15 Å². The third-order valence-electron chi connectivity index (χ3n) is 4.12. The Kier molecular flexibility index (Phi) is 3.39. The molecule has 0 amide bonds. The van der Waals surface area contributed by atoms with Gasteiger partial charge in [-0.1, -0.05) is 24.3 Å². The summed E-state index contributed by atoms with van der Waals surface area (Å²) in [4.78, 5) is 40.9. The lowest BCUT2D eigenvalue weighted by molar-refractivity contribution is 0.0521. The van der Waals surface area contributed by atoms with Crippen molar-refractivity contribution in [3.8, 4) is 11.3 Å². The van der Waals surface area contributed by atoms with Gasteiger partial charge in [-0.25, -0.2) is 4.79 Å². The number of rotatable bonds is 3. The van der Waals surface area contributed by atoms with Crippen LogP contribution in [0.5, 0.6) is 0 Å². The summed E-state index contributed by atoms with van der Waals surface area (Å²) >= 11 is 0. The number of ether oxygens (including phenoxy) is 1. The van der Waals surface area contributed by atoms with Gasteiger partial charge in [0.15, 0.2) is 5.78 Å². The molecular weight excluding hydrogens is 322 g/mol. The van der Waals surface area contributed by atoms with E-state index in [1.165, 1.54) is 6.26 Å². The van der Waals surface area contributed by atoms with Crippen molar-refractivity contribution in [3.05, 3.63) is 70.7 Å². The molecule has 0 radical (unpaired) electrons. The highest BCUT2D eigenvalue weighted by Crippen LogP contribution is 2.37. The number of esters is 1. The second-order valence-electron chi connectivity index (χ2n) is 5.53. The van der Waals surface area contributed by atoms with Gasteiger partial charge in [0.2, 0.25) is 5.78 Å². The Hall–Kier alpha value is -3.41. The molecule has 1 aliphatic rings. The van der Waals surface area contributed by atoms with Gasteiger partial charge in [-0.05, 0) is 19.1 Å². The van der Waals surface area contributed by atoms with Gasteiger partial charge in [0, 0.05) is 11.1 Å². The molecule has 0 atom stereocenters. The Balaban J connectivity index is 2.01. The van der Waals surface area contributed by atoms with E-state index >= 15 is 0 Å². The number of carbonyl (C=O) groups excluding carboxylic acids is 3. The summed E-state index contributed by atoms with van der Waals surface area (Å²) in [6.45, 7) is 1.85. The van der Waals surface area contributed by atoms with E-state index in [-0.39, 0.29) is 40.7 Å². The third kappa shape index (κ3) is 2.15. The van der Waals surface area contributed by atoms with E-state index in [1.54, 1.807) is 43.3 Å². The van der Waals surface area contributed by atoms with E-state index in [0.717, 1.165) is 0 Å². The van der Waals surface area contributed by atoms with E-state index in [1.807, 2.05) is 0 Å². The summed E-state index contributed by atoms with van der Waals surface area (Å²) in [5, 5.41) is 0. The quantitative estimate of drug-likeness (QED) is 0.581. The normalized spacial score (nSPS) is 12.7. The Bertz CT molecular complexity index is 1010. The average Bonchev–Trinajstić information content (AvgIpc) is 3.27. The zero-order chi connectivity index (χ0) is 17.6. The predicted molar refractivity (Wildman–Crippen MR) is 87.8 cm³/mol. The molecule has 0 fully saturated rings. The fourth-order valence-electron chi connectivity index (χ4n) is 3.07. The largest absolute Gasteiger partial charge is 0.464 e. The Morgan fingerprint density at radius 1 is 1.04 bits per heavy atom.